The molecule has 0 aliphatic carbocycles. The van der Waals surface area contributed by atoms with Crippen LogP contribution < -0.4 is 0 Å². The molecule has 0 spiro atoms. The van der Waals surface area contributed by atoms with Gasteiger partial charge in [-0.3, -0.25) is 4.79 Å². The molecule has 3 rings (SSSR count). The number of carbonyl (C=O) groups excluding carboxylic acids is 1. The summed E-state index contributed by atoms with van der Waals surface area (Å²) in [5.74, 6) is -0.724. The highest BCUT2D eigenvalue weighted by atomic mass is 35.5. The van der Waals surface area contributed by atoms with E-state index in [0.29, 0.717) is 16.1 Å². The second-order valence-corrected chi connectivity index (χ2v) is 12.1. The Labute approximate surface area is 208 Å². The molecule has 10 heteroatoms. The van der Waals surface area contributed by atoms with Crippen molar-refractivity contribution in [2.24, 2.45) is 0 Å². The lowest BCUT2D eigenvalue weighted by atomic mass is 10.0. The molecule has 1 amide bonds. The van der Waals surface area contributed by atoms with Gasteiger partial charge in [-0.05, 0) is 43.2 Å². The molecule has 0 saturated heterocycles. The van der Waals surface area contributed by atoms with Crippen molar-refractivity contribution in [2.45, 2.75) is 31.3 Å². The van der Waals surface area contributed by atoms with Gasteiger partial charge in [0, 0.05) is 37.0 Å². The van der Waals surface area contributed by atoms with E-state index in [0.717, 1.165) is 21.8 Å². The van der Waals surface area contributed by atoms with Gasteiger partial charge in [0.15, 0.2) is 9.84 Å². The van der Waals surface area contributed by atoms with E-state index in [1.165, 1.54) is 33.0 Å². The fourth-order valence-corrected chi connectivity index (χ4v) is 4.29. The summed E-state index contributed by atoms with van der Waals surface area (Å²) in [6.45, 7) is 2.53. The average Bonchev–Trinajstić information content (AvgIpc) is 3.12. The molecule has 2 aromatic carbocycles. The first-order valence-corrected chi connectivity index (χ1v) is 12.9. The van der Waals surface area contributed by atoms with Crippen molar-refractivity contribution < 1.29 is 26.4 Å². The van der Waals surface area contributed by atoms with Crippen LogP contribution >= 0.6 is 11.6 Å². The van der Waals surface area contributed by atoms with Crippen LogP contribution in [0.2, 0.25) is 5.02 Å². The molecule has 0 unspecified atom stereocenters. The minimum absolute atomic E-state index is 0.0823. The van der Waals surface area contributed by atoms with Gasteiger partial charge in [-0.25, -0.2) is 8.42 Å². The Morgan fingerprint density at radius 3 is 2.11 bits per heavy atom. The minimum atomic E-state index is -4.74. The third-order valence-corrected chi connectivity index (χ3v) is 8.29. The topological polar surface area (TPSA) is 59.4 Å². The maximum Gasteiger partial charge on any atom is 0.431 e. The molecule has 0 atom stereocenters. The second kappa shape index (κ2) is 9.70. The number of carbonyl (C=O) groups is 1. The Hall–Kier alpha value is -2.78. The first-order chi connectivity index (χ1) is 16.1. The molecule has 35 heavy (non-hydrogen) atoms. The summed E-state index contributed by atoms with van der Waals surface area (Å²) in [5, 5.41) is 0.397. The zero-order chi connectivity index (χ0) is 26.2. The van der Waals surface area contributed by atoms with Crippen LogP contribution in [0.3, 0.4) is 0 Å². The van der Waals surface area contributed by atoms with E-state index >= 15 is 0 Å². The predicted molar refractivity (Wildman–Crippen MR) is 131 cm³/mol. The Balaban J connectivity index is 2.23. The van der Waals surface area contributed by atoms with Crippen LogP contribution in [0.1, 0.15) is 35.6 Å². The quantitative estimate of drug-likeness (QED) is 0.392. The number of benzene rings is 2. The summed E-state index contributed by atoms with van der Waals surface area (Å²) >= 11 is 5.97. The summed E-state index contributed by atoms with van der Waals surface area (Å²) in [4.78, 5) is 14.8. The number of hydrogen-bond donors (Lipinski definition) is 0. The number of hydrogen-bond acceptors (Lipinski definition) is 3. The van der Waals surface area contributed by atoms with Crippen LogP contribution in [-0.2, 0) is 22.6 Å². The number of halogens is 4. The maximum absolute atomic E-state index is 14.2. The van der Waals surface area contributed by atoms with Crippen LogP contribution in [0.15, 0.2) is 60.7 Å². The lowest BCUT2D eigenvalue weighted by Gasteiger charge is -2.29. The molecule has 0 radical (unpaired) electrons. The largest absolute Gasteiger partial charge is 0.431 e. The van der Waals surface area contributed by atoms with E-state index in [2.05, 4.69) is 0 Å². The van der Waals surface area contributed by atoms with Crippen molar-refractivity contribution in [3.05, 3.63) is 82.6 Å². The summed E-state index contributed by atoms with van der Waals surface area (Å²) in [5.41, 5.74) is -0.130. The molecular formula is C25H26ClF3N2O3S. The van der Waals surface area contributed by atoms with Crippen LogP contribution in [-0.4, -0.2) is 48.4 Å². The van der Waals surface area contributed by atoms with E-state index in [1.807, 2.05) is 0 Å². The third kappa shape index (κ3) is 5.90. The normalized spacial score (nSPS) is 12.6. The fourth-order valence-electron chi connectivity index (χ4n) is 3.74. The average molecular weight is 527 g/mol. The summed E-state index contributed by atoms with van der Waals surface area (Å²) < 4.78 is 66.6. The fraction of sp³-hybridized carbons (Fsp3) is 0.320. The van der Waals surface area contributed by atoms with E-state index in [4.69, 9.17) is 11.6 Å². The van der Waals surface area contributed by atoms with Gasteiger partial charge in [0.1, 0.15) is 11.4 Å². The molecule has 0 aliphatic heterocycles. The van der Waals surface area contributed by atoms with E-state index in [9.17, 15) is 26.4 Å². The van der Waals surface area contributed by atoms with Crippen molar-refractivity contribution in [1.82, 2.24) is 9.47 Å². The molecule has 5 nitrogen and oxygen atoms in total. The highest BCUT2D eigenvalue weighted by Gasteiger charge is 2.40. The van der Waals surface area contributed by atoms with Gasteiger partial charge in [0.05, 0.1) is 4.75 Å². The van der Waals surface area contributed by atoms with Gasteiger partial charge in [-0.15, -0.1) is 0 Å². The Bertz CT molecular complexity index is 1320. The van der Waals surface area contributed by atoms with Gasteiger partial charge < -0.3 is 9.47 Å². The molecule has 1 aromatic heterocycles. The molecule has 0 aliphatic rings. The minimum Gasteiger partial charge on any atom is -0.339 e. The molecular weight excluding hydrogens is 501 g/mol. The van der Waals surface area contributed by atoms with Crippen molar-refractivity contribution in [3.8, 4) is 11.1 Å². The van der Waals surface area contributed by atoms with Crippen molar-refractivity contribution in [1.29, 1.82) is 0 Å². The highest BCUT2D eigenvalue weighted by Crippen LogP contribution is 2.38. The molecule has 188 valence electrons. The number of alkyl halides is 3. The molecule has 0 saturated carbocycles. The summed E-state index contributed by atoms with van der Waals surface area (Å²) in [7, 11) is -2.17. The summed E-state index contributed by atoms with van der Waals surface area (Å²) in [6, 6.07) is 15.6. The molecule has 0 fully saturated rings. The standard InChI is InChI=1S/C25H26ClF3N2O3S/c1-24(2,35(4,33)34)16-30(3)23(32)22-20(18-10-12-19(26)13-11-18)14-21(25(27,28)29)31(22)15-17-8-6-5-7-9-17/h5-14H,15-16H2,1-4H3. The van der Waals surface area contributed by atoms with Crippen LogP contribution in [0, 0.1) is 0 Å². The maximum atomic E-state index is 14.2. The molecule has 0 bridgehead atoms. The zero-order valence-electron chi connectivity index (χ0n) is 19.7. The summed E-state index contributed by atoms with van der Waals surface area (Å²) in [6.07, 6.45) is -3.68. The number of rotatable bonds is 7. The third-order valence-electron chi connectivity index (χ3n) is 5.90. The lowest BCUT2D eigenvalue weighted by molar-refractivity contribution is -0.143. The van der Waals surface area contributed by atoms with Gasteiger partial charge in [0.2, 0.25) is 0 Å². The van der Waals surface area contributed by atoms with Gasteiger partial charge in [-0.1, -0.05) is 54.1 Å². The molecule has 3 aromatic rings. The number of nitrogens with zero attached hydrogens (tertiary/aromatic N) is 2. The highest BCUT2D eigenvalue weighted by molar-refractivity contribution is 7.92. The predicted octanol–water partition coefficient (Wildman–Crippen LogP) is 5.77. The first kappa shape index (κ1) is 26.8. The smallest absolute Gasteiger partial charge is 0.339 e. The number of amides is 1. The van der Waals surface area contributed by atoms with E-state index in [1.54, 1.807) is 42.5 Å². The Kier molecular flexibility index (Phi) is 7.43. The number of aromatic nitrogens is 1. The van der Waals surface area contributed by atoms with Crippen LogP contribution in [0.4, 0.5) is 13.2 Å². The first-order valence-electron chi connectivity index (χ1n) is 10.7. The second-order valence-electron chi connectivity index (χ2n) is 9.06. The Morgan fingerprint density at radius 2 is 1.60 bits per heavy atom. The van der Waals surface area contributed by atoms with Crippen LogP contribution in [0.5, 0.6) is 0 Å². The zero-order valence-corrected chi connectivity index (χ0v) is 21.3. The molecule has 1 heterocycles. The monoisotopic (exact) mass is 526 g/mol. The van der Waals surface area contributed by atoms with Gasteiger partial charge >= 0.3 is 6.18 Å². The number of sulfone groups is 1. The Morgan fingerprint density at radius 1 is 1.03 bits per heavy atom. The van der Waals surface area contributed by atoms with E-state index < -0.39 is 32.4 Å². The van der Waals surface area contributed by atoms with Crippen LogP contribution in [0.25, 0.3) is 11.1 Å². The van der Waals surface area contributed by atoms with Gasteiger partial charge in [0.25, 0.3) is 5.91 Å². The van der Waals surface area contributed by atoms with Crippen molar-refractivity contribution >= 4 is 27.3 Å². The SMILES string of the molecule is CN(CC(C)(C)S(C)(=O)=O)C(=O)c1c(-c2ccc(Cl)cc2)cc(C(F)(F)F)n1Cc1ccccc1. The van der Waals surface area contributed by atoms with Crippen molar-refractivity contribution in [2.75, 3.05) is 19.8 Å². The van der Waals surface area contributed by atoms with E-state index in [-0.39, 0.29) is 24.3 Å². The van der Waals surface area contributed by atoms with Crippen molar-refractivity contribution in [3.63, 3.8) is 0 Å². The molecule has 0 N–H and O–H groups in total. The lowest BCUT2D eigenvalue weighted by Crippen LogP contribution is -2.45. The van der Waals surface area contributed by atoms with Gasteiger partial charge in [-0.2, -0.15) is 13.2 Å².